The van der Waals surface area contributed by atoms with Gasteiger partial charge in [0.15, 0.2) is 0 Å². The van der Waals surface area contributed by atoms with Crippen LogP contribution in [-0.2, 0) is 15.1 Å². The molecule has 1 aromatic carbocycles. The molecule has 1 atom stereocenters. The minimum Gasteiger partial charge on any atom is -0.355 e. The van der Waals surface area contributed by atoms with Crippen LogP contribution in [0.2, 0.25) is 5.02 Å². The Balaban J connectivity index is 2.23. The Morgan fingerprint density at radius 1 is 1.29 bits per heavy atom. The quantitative estimate of drug-likeness (QED) is 0.713. The minimum atomic E-state index is -0.219. The Kier molecular flexibility index (Phi) is 2.77. The van der Waals surface area contributed by atoms with E-state index in [-0.39, 0.29) is 5.60 Å². The highest BCUT2D eigenvalue weighted by Gasteiger charge is 2.30. The maximum absolute atomic E-state index is 5.83. The fourth-order valence-corrected chi connectivity index (χ4v) is 1.73. The summed E-state index contributed by atoms with van der Waals surface area (Å²) < 4.78 is 10.8. The average Bonchev–Trinajstić information content (AvgIpc) is 2.19. The second-order valence-corrected chi connectivity index (χ2v) is 4.09. The minimum absolute atomic E-state index is 0.219. The zero-order valence-electron chi connectivity index (χ0n) is 8.13. The molecule has 1 aromatic rings. The molecule has 0 bridgehead atoms. The third-order valence-corrected chi connectivity index (χ3v) is 2.89. The maximum atomic E-state index is 5.83. The first kappa shape index (κ1) is 9.97. The smallest absolute Gasteiger partial charge is 0.147 e. The van der Waals surface area contributed by atoms with Crippen LogP contribution in [0, 0.1) is 0 Å². The predicted octanol–water partition coefficient (Wildman–Crippen LogP) is 2.95. The van der Waals surface area contributed by atoms with E-state index in [9.17, 15) is 0 Å². The lowest BCUT2D eigenvalue weighted by Crippen LogP contribution is -2.33. The summed E-state index contributed by atoms with van der Waals surface area (Å²) in [6.45, 7) is 3.21. The Morgan fingerprint density at radius 2 is 2.00 bits per heavy atom. The lowest BCUT2D eigenvalue weighted by molar-refractivity contribution is -0.191. The van der Waals surface area contributed by atoms with Gasteiger partial charge in [-0.1, -0.05) is 23.7 Å². The van der Waals surface area contributed by atoms with E-state index in [0.717, 1.165) is 23.6 Å². The van der Waals surface area contributed by atoms with Crippen LogP contribution in [0.4, 0.5) is 0 Å². The van der Waals surface area contributed by atoms with E-state index >= 15 is 0 Å². The van der Waals surface area contributed by atoms with Crippen LogP contribution < -0.4 is 0 Å². The van der Waals surface area contributed by atoms with Gasteiger partial charge in [0, 0.05) is 11.4 Å². The molecule has 1 fully saturated rings. The van der Waals surface area contributed by atoms with Crippen molar-refractivity contribution >= 4 is 11.6 Å². The van der Waals surface area contributed by atoms with E-state index in [1.54, 1.807) is 0 Å². The number of rotatable bonds is 1. The third kappa shape index (κ3) is 1.92. The van der Waals surface area contributed by atoms with Crippen molar-refractivity contribution < 1.29 is 9.47 Å². The average molecular weight is 213 g/mol. The van der Waals surface area contributed by atoms with Gasteiger partial charge in [0.2, 0.25) is 0 Å². The number of hydrogen-bond acceptors (Lipinski definition) is 2. The van der Waals surface area contributed by atoms with Gasteiger partial charge >= 0.3 is 0 Å². The molecule has 1 heterocycles. The van der Waals surface area contributed by atoms with Crippen LogP contribution in [-0.4, -0.2) is 13.4 Å². The molecule has 0 aliphatic carbocycles. The fourth-order valence-electron chi connectivity index (χ4n) is 1.60. The summed E-state index contributed by atoms with van der Waals surface area (Å²) in [5.41, 5.74) is 0.938. The second-order valence-electron chi connectivity index (χ2n) is 3.66. The summed E-state index contributed by atoms with van der Waals surface area (Å²) in [4.78, 5) is 0. The van der Waals surface area contributed by atoms with E-state index in [0.29, 0.717) is 6.79 Å². The zero-order chi connectivity index (χ0) is 10.0. The molecule has 0 N–H and O–H groups in total. The van der Waals surface area contributed by atoms with Crippen LogP contribution in [0.5, 0.6) is 0 Å². The number of ether oxygens (including phenoxy) is 2. The number of halogens is 1. The van der Waals surface area contributed by atoms with Crippen molar-refractivity contribution in [3.05, 3.63) is 34.9 Å². The molecule has 1 aliphatic heterocycles. The summed E-state index contributed by atoms with van der Waals surface area (Å²) >= 11 is 5.83. The van der Waals surface area contributed by atoms with Gasteiger partial charge in [0.25, 0.3) is 0 Å². The van der Waals surface area contributed by atoms with E-state index in [1.165, 1.54) is 0 Å². The molecule has 14 heavy (non-hydrogen) atoms. The van der Waals surface area contributed by atoms with E-state index in [4.69, 9.17) is 21.1 Å². The van der Waals surface area contributed by atoms with Crippen molar-refractivity contribution in [3.63, 3.8) is 0 Å². The largest absolute Gasteiger partial charge is 0.355 e. The molecule has 1 aliphatic rings. The van der Waals surface area contributed by atoms with Crippen molar-refractivity contribution in [1.29, 1.82) is 0 Å². The van der Waals surface area contributed by atoms with Crippen LogP contribution in [0.1, 0.15) is 18.9 Å². The highest BCUT2D eigenvalue weighted by molar-refractivity contribution is 6.30. The lowest BCUT2D eigenvalue weighted by atomic mass is 9.92. The van der Waals surface area contributed by atoms with E-state index < -0.39 is 0 Å². The van der Waals surface area contributed by atoms with Crippen molar-refractivity contribution in [2.75, 3.05) is 13.4 Å². The zero-order valence-corrected chi connectivity index (χ0v) is 8.88. The summed E-state index contributed by atoms with van der Waals surface area (Å²) in [5.74, 6) is 0. The van der Waals surface area contributed by atoms with Gasteiger partial charge in [-0.15, -0.1) is 0 Å². The van der Waals surface area contributed by atoms with Crippen LogP contribution in [0.15, 0.2) is 24.3 Å². The van der Waals surface area contributed by atoms with Crippen molar-refractivity contribution in [3.8, 4) is 0 Å². The van der Waals surface area contributed by atoms with Gasteiger partial charge in [-0.25, -0.2) is 0 Å². The van der Waals surface area contributed by atoms with Crippen molar-refractivity contribution in [2.45, 2.75) is 18.9 Å². The van der Waals surface area contributed by atoms with Gasteiger partial charge in [-0.2, -0.15) is 0 Å². The summed E-state index contributed by atoms with van der Waals surface area (Å²) in [6, 6.07) is 7.79. The Bertz CT molecular complexity index is 302. The first-order valence-corrected chi connectivity index (χ1v) is 5.06. The highest BCUT2D eigenvalue weighted by Crippen LogP contribution is 2.32. The third-order valence-electron chi connectivity index (χ3n) is 2.64. The van der Waals surface area contributed by atoms with Crippen LogP contribution in [0.25, 0.3) is 0 Å². The van der Waals surface area contributed by atoms with Gasteiger partial charge in [0.05, 0.1) is 12.2 Å². The molecule has 76 valence electrons. The fraction of sp³-hybridized carbons (Fsp3) is 0.455. The standard InChI is InChI=1S/C11H13ClO2/c1-11(6-7-13-8-14-11)9-2-4-10(12)5-3-9/h2-5H,6-8H2,1H3/t11-/m1/s1. The Morgan fingerprint density at radius 3 is 2.57 bits per heavy atom. The van der Waals surface area contributed by atoms with Crippen LogP contribution >= 0.6 is 11.6 Å². The normalized spacial score (nSPS) is 27.6. The molecule has 1 saturated heterocycles. The molecule has 2 nitrogen and oxygen atoms in total. The Labute approximate surface area is 88.8 Å². The highest BCUT2D eigenvalue weighted by atomic mass is 35.5. The first-order valence-electron chi connectivity index (χ1n) is 4.68. The van der Waals surface area contributed by atoms with Gasteiger partial charge in [0.1, 0.15) is 6.79 Å². The van der Waals surface area contributed by atoms with Gasteiger partial charge in [-0.05, 0) is 24.6 Å². The SMILES string of the molecule is C[C@]1(c2ccc(Cl)cc2)CCOCO1. The topological polar surface area (TPSA) is 18.5 Å². The van der Waals surface area contributed by atoms with E-state index in [2.05, 4.69) is 6.92 Å². The van der Waals surface area contributed by atoms with Crippen LogP contribution in [0.3, 0.4) is 0 Å². The molecule has 2 rings (SSSR count). The molecule has 0 unspecified atom stereocenters. The number of hydrogen-bond donors (Lipinski definition) is 0. The van der Waals surface area contributed by atoms with Gasteiger partial charge < -0.3 is 9.47 Å². The molecular formula is C11H13ClO2. The summed E-state index contributed by atoms with van der Waals surface area (Å²) in [6.07, 6.45) is 0.884. The molecular weight excluding hydrogens is 200 g/mol. The summed E-state index contributed by atoms with van der Waals surface area (Å²) in [7, 11) is 0. The maximum Gasteiger partial charge on any atom is 0.147 e. The molecule has 0 amide bonds. The lowest BCUT2D eigenvalue weighted by Gasteiger charge is -2.34. The molecule has 0 radical (unpaired) electrons. The second kappa shape index (κ2) is 3.89. The number of benzene rings is 1. The molecule has 0 aromatic heterocycles. The molecule has 0 spiro atoms. The van der Waals surface area contributed by atoms with Crippen molar-refractivity contribution in [1.82, 2.24) is 0 Å². The van der Waals surface area contributed by atoms with Gasteiger partial charge in [-0.3, -0.25) is 0 Å². The summed E-state index contributed by atoms with van der Waals surface area (Å²) in [5, 5.41) is 0.754. The molecule has 0 saturated carbocycles. The van der Waals surface area contributed by atoms with E-state index in [1.807, 2.05) is 24.3 Å². The monoisotopic (exact) mass is 212 g/mol. The Hall–Kier alpha value is -0.570. The van der Waals surface area contributed by atoms with Crippen molar-refractivity contribution in [2.24, 2.45) is 0 Å². The predicted molar refractivity (Wildman–Crippen MR) is 55.3 cm³/mol. The molecule has 3 heteroatoms. The first-order chi connectivity index (χ1) is 6.71.